The molecule has 0 aromatic carbocycles. The topological polar surface area (TPSA) is 75.3 Å². The van der Waals surface area contributed by atoms with Gasteiger partial charge in [0, 0.05) is 25.6 Å². The van der Waals surface area contributed by atoms with Gasteiger partial charge in [0.1, 0.15) is 0 Å². The van der Waals surface area contributed by atoms with Gasteiger partial charge in [0.25, 0.3) is 0 Å². The van der Waals surface area contributed by atoms with Gasteiger partial charge in [0.05, 0.1) is 0 Å². The summed E-state index contributed by atoms with van der Waals surface area (Å²) in [5.41, 5.74) is 5.82. The van der Waals surface area contributed by atoms with E-state index < -0.39 is 0 Å². The highest BCUT2D eigenvalue weighted by molar-refractivity contribution is 5.76. The fourth-order valence-electron chi connectivity index (χ4n) is 1.31. The highest BCUT2D eigenvalue weighted by Gasteiger charge is 2.24. The highest BCUT2D eigenvalue weighted by atomic mass is 16.3. The zero-order valence-electron chi connectivity index (χ0n) is 11.8. The Labute approximate surface area is 105 Å². The van der Waals surface area contributed by atoms with Gasteiger partial charge < -0.3 is 16.2 Å². The first kappa shape index (κ1) is 16.4. The van der Waals surface area contributed by atoms with Crippen LogP contribution in [0.2, 0.25) is 0 Å². The summed E-state index contributed by atoms with van der Waals surface area (Å²) >= 11 is 0. The van der Waals surface area contributed by atoms with Crippen molar-refractivity contribution < 1.29 is 9.90 Å². The van der Waals surface area contributed by atoms with E-state index in [-0.39, 0.29) is 29.4 Å². The lowest BCUT2D eigenvalue weighted by molar-refractivity contribution is -0.122. The van der Waals surface area contributed by atoms with Crippen molar-refractivity contribution in [1.82, 2.24) is 5.32 Å². The molecule has 0 aliphatic carbocycles. The molecule has 102 valence electrons. The second-order valence-corrected chi connectivity index (χ2v) is 6.59. The van der Waals surface area contributed by atoms with Crippen LogP contribution in [-0.2, 0) is 4.79 Å². The van der Waals surface area contributed by atoms with Gasteiger partial charge in [0.2, 0.25) is 5.91 Å². The molecule has 4 nitrogen and oxygen atoms in total. The number of amides is 1. The Hall–Kier alpha value is -0.610. The predicted octanol–water partition coefficient (Wildman–Crippen LogP) is 1.27. The third-order valence-corrected chi connectivity index (χ3v) is 3.07. The fourth-order valence-corrected chi connectivity index (χ4v) is 1.31. The molecule has 0 aromatic heterocycles. The van der Waals surface area contributed by atoms with Gasteiger partial charge in [-0.1, -0.05) is 34.6 Å². The van der Waals surface area contributed by atoms with Crippen molar-refractivity contribution >= 4 is 5.91 Å². The molecule has 0 aliphatic rings. The summed E-state index contributed by atoms with van der Waals surface area (Å²) in [6.45, 7) is 10.8. The molecule has 0 saturated heterocycles. The van der Waals surface area contributed by atoms with Crippen molar-refractivity contribution in [1.29, 1.82) is 0 Å². The predicted molar refractivity (Wildman–Crippen MR) is 70.5 cm³/mol. The van der Waals surface area contributed by atoms with Gasteiger partial charge in [0.15, 0.2) is 0 Å². The van der Waals surface area contributed by atoms with E-state index in [4.69, 9.17) is 10.8 Å². The molecule has 0 rings (SSSR count). The first-order valence-corrected chi connectivity index (χ1v) is 6.21. The number of carbonyl (C=O) groups is 1. The molecule has 17 heavy (non-hydrogen) atoms. The Kier molecular flexibility index (Phi) is 6.13. The average molecular weight is 244 g/mol. The number of aliphatic hydroxyl groups is 1. The van der Waals surface area contributed by atoms with Crippen molar-refractivity contribution in [3.63, 3.8) is 0 Å². The van der Waals surface area contributed by atoms with E-state index in [9.17, 15) is 4.79 Å². The van der Waals surface area contributed by atoms with Crippen LogP contribution in [0.4, 0.5) is 0 Å². The minimum atomic E-state index is -0.136. The van der Waals surface area contributed by atoms with Crippen LogP contribution in [0.25, 0.3) is 0 Å². The van der Waals surface area contributed by atoms with Crippen molar-refractivity contribution in [2.24, 2.45) is 16.6 Å². The SMILES string of the molecule is CC(C)(CCO)CNC(=O)CC(N)C(C)(C)C. The molecule has 1 amide bonds. The number of carbonyl (C=O) groups excluding carboxylic acids is 1. The fraction of sp³-hybridized carbons (Fsp3) is 0.923. The lowest BCUT2D eigenvalue weighted by atomic mass is 9.85. The molecule has 1 atom stereocenters. The van der Waals surface area contributed by atoms with Crippen LogP contribution >= 0.6 is 0 Å². The Balaban J connectivity index is 4.04. The Morgan fingerprint density at radius 3 is 2.24 bits per heavy atom. The molecule has 4 heteroatoms. The second kappa shape index (κ2) is 6.36. The molecule has 4 N–H and O–H groups in total. The van der Waals surface area contributed by atoms with Gasteiger partial charge in [-0.15, -0.1) is 0 Å². The lowest BCUT2D eigenvalue weighted by Crippen LogP contribution is -2.42. The molecule has 0 aliphatic heterocycles. The van der Waals surface area contributed by atoms with Crippen LogP contribution in [0.5, 0.6) is 0 Å². The molecule has 0 fully saturated rings. The van der Waals surface area contributed by atoms with Crippen LogP contribution in [0.1, 0.15) is 47.5 Å². The summed E-state index contributed by atoms with van der Waals surface area (Å²) in [5.74, 6) is -0.0153. The van der Waals surface area contributed by atoms with Gasteiger partial charge in [-0.2, -0.15) is 0 Å². The van der Waals surface area contributed by atoms with Crippen LogP contribution in [0, 0.1) is 10.8 Å². The standard InChI is InChI=1S/C13H28N2O2/c1-12(2,3)10(14)8-11(17)15-9-13(4,5)6-7-16/h10,16H,6-9,14H2,1-5H3,(H,15,17). The minimum absolute atomic E-state index is 0.0153. The molecule has 0 saturated carbocycles. The van der Waals surface area contributed by atoms with E-state index in [1.807, 2.05) is 34.6 Å². The summed E-state index contributed by atoms with van der Waals surface area (Å²) in [4.78, 5) is 11.7. The summed E-state index contributed by atoms with van der Waals surface area (Å²) < 4.78 is 0. The van der Waals surface area contributed by atoms with Crippen molar-refractivity contribution in [3.05, 3.63) is 0 Å². The number of aliphatic hydroxyl groups excluding tert-OH is 1. The third kappa shape index (κ3) is 7.34. The lowest BCUT2D eigenvalue weighted by Gasteiger charge is -2.28. The molecule has 0 heterocycles. The van der Waals surface area contributed by atoms with Crippen LogP contribution in [0.3, 0.4) is 0 Å². The molecular formula is C13H28N2O2. The largest absolute Gasteiger partial charge is 0.396 e. The third-order valence-electron chi connectivity index (χ3n) is 3.07. The van der Waals surface area contributed by atoms with E-state index >= 15 is 0 Å². The van der Waals surface area contributed by atoms with Crippen LogP contribution in [-0.4, -0.2) is 30.2 Å². The number of hydrogen-bond acceptors (Lipinski definition) is 3. The first-order valence-electron chi connectivity index (χ1n) is 6.21. The number of nitrogens with two attached hydrogens (primary N) is 1. The monoisotopic (exact) mass is 244 g/mol. The highest BCUT2D eigenvalue weighted by Crippen LogP contribution is 2.20. The zero-order chi connectivity index (χ0) is 13.7. The van der Waals surface area contributed by atoms with Crippen molar-refractivity contribution in [2.45, 2.75) is 53.5 Å². The summed E-state index contributed by atoms with van der Waals surface area (Å²) in [7, 11) is 0. The maximum atomic E-state index is 11.7. The Bertz CT molecular complexity index is 244. The molecule has 0 radical (unpaired) electrons. The van der Waals surface area contributed by atoms with Crippen LogP contribution in [0.15, 0.2) is 0 Å². The minimum Gasteiger partial charge on any atom is -0.396 e. The summed E-state index contributed by atoms with van der Waals surface area (Å²) in [6, 6.07) is -0.136. The van der Waals surface area contributed by atoms with E-state index in [0.717, 1.165) is 0 Å². The van der Waals surface area contributed by atoms with E-state index in [0.29, 0.717) is 19.4 Å². The van der Waals surface area contributed by atoms with E-state index in [1.54, 1.807) is 0 Å². The zero-order valence-corrected chi connectivity index (χ0v) is 11.8. The maximum absolute atomic E-state index is 11.7. The molecule has 0 aromatic rings. The normalized spacial score (nSPS) is 14.5. The smallest absolute Gasteiger partial charge is 0.221 e. The quantitative estimate of drug-likeness (QED) is 0.658. The Morgan fingerprint density at radius 1 is 1.29 bits per heavy atom. The number of hydrogen-bond donors (Lipinski definition) is 3. The molecule has 0 bridgehead atoms. The Morgan fingerprint density at radius 2 is 1.82 bits per heavy atom. The van der Waals surface area contributed by atoms with Gasteiger partial charge in [-0.05, 0) is 17.3 Å². The number of nitrogens with one attached hydrogen (secondary N) is 1. The van der Waals surface area contributed by atoms with Crippen molar-refractivity contribution in [2.75, 3.05) is 13.2 Å². The average Bonchev–Trinajstić information content (AvgIpc) is 2.13. The number of rotatable bonds is 6. The first-order chi connectivity index (χ1) is 7.58. The van der Waals surface area contributed by atoms with Crippen molar-refractivity contribution in [3.8, 4) is 0 Å². The van der Waals surface area contributed by atoms with Gasteiger partial charge in [-0.3, -0.25) is 4.79 Å². The summed E-state index contributed by atoms with van der Waals surface area (Å²) in [5, 5.41) is 11.8. The molecular weight excluding hydrogens is 216 g/mol. The molecule has 0 spiro atoms. The van der Waals surface area contributed by atoms with Gasteiger partial charge in [-0.25, -0.2) is 0 Å². The second-order valence-electron chi connectivity index (χ2n) is 6.59. The van der Waals surface area contributed by atoms with E-state index in [1.165, 1.54) is 0 Å². The van der Waals surface area contributed by atoms with Gasteiger partial charge >= 0.3 is 0 Å². The summed E-state index contributed by atoms with van der Waals surface area (Å²) in [6.07, 6.45) is 1.03. The maximum Gasteiger partial charge on any atom is 0.221 e. The molecule has 1 unspecified atom stereocenters. The van der Waals surface area contributed by atoms with Crippen LogP contribution < -0.4 is 11.1 Å². The van der Waals surface area contributed by atoms with E-state index in [2.05, 4.69) is 5.32 Å².